The first-order chi connectivity index (χ1) is 14.1. The van der Waals surface area contributed by atoms with Crippen molar-refractivity contribution < 1.29 is 19.7 Å². The second-order valence-corrected chi connectivity index (χ2v) is 9.59. The molecule has 2 fully saturated rings. The third-order valence-electron chi connectivity index (χ3n) is 7.05. The molecule has 0 unspecified atom stereocenters. The molecule has 2 aromatic rings. The molecule has 0 spiro atoms. The van der Waals surface area contributed by atoms with Crippen molar-refractivity contribution in [3.05, 3.63) is 44.9 Å². The molecule has 2 N–H and O–H groups in total. The lowest BCUT2D eigenvalue weighted by atomic mass is 9.87. The van der Waals surface area contributed by atoms with Gasteiger partial charge in [-0.25, -0.2) is 4.98 Å². The van der Waals surface area contributed by atoms with Crippen LogP contribution < -0.4 is 4.74 Å². The fraction of sp³-hybridized carbons (Fsp3) is 0.609. The molecule has 156 valence electrons. The van der Waals surface area contributed by atoms with Gasteiger partial charge in [0.25, 0.3) is 0 Å². The average molecular weight is 416 g/mol. The summed E-state index contributed by atoms with van der Waals surface area (Å²) in [5.74, 6) is 1.40. The molecular formula is C23H29NO4S. The molecule has 5 rings (SSSR count). The van der Waals surface area contributed by atoms with Gasteiger partial charge in [-0.3, -0.25) is 0 Å². The molecule has 2 heterocycles. The summed E-state index contributed by atoms with van der Waals surface area (Å²) in [6.07, 6.45) is 5.80. The molecule has 5 nitrogen and oxygen atoms in total. The van der Waals surface area contributed by atoms with E-state index in [1.54, 1.807) is 11.3 Å². The number of aliphatic hydroxyl groups excluding tert-OH is 2. The van der Waals surface area contributed by atoms with Crippen molar-refractivity contribution in [3.8, 4) is 5.75 Å². The minimum Gasteiger partial charge on any atom is -0.493 e. The first-order valence-corrected chi connectivity index (χ1v) is 11.6. The zero-order valence-corrected chi connectivity index (χ0v) is 17.7. The largest absolute Gasteiger partial charge is 0.493 e. The minimum atomic E-state index is -0.386. The Kier molecular flexibility index (Phi) is 5.37. The van der Waals surface area contributed by atoms with E-state index in [9.17, 15) is 10.2 Å². The SMILES string of the molecule is Cc1c(OC[C@@H]2[C@H]3CC[C@H](c4nc(CO)cs4)O[C@H]3C[C@H]2O)ccc2c1CCC2. The Morgan fingerprint density at radius 3 is 3.00 bits per heavy atom. The van der Waals surface area contributed by atoms with E-state index in [1.165, 1.54) is 29.5 Å². The summed E-state index contributed by atoms with van der Waals surface area (Å²) in [7, 11) is 0. The number of benzene rings is 1. The highest BCUT2D eigenvalue weighted by Crippen LogP contribution is 2.46. The monoisotopic (exact) mass is 415 g/mol. The molecule has 0 bridgehead atoms. The van der Waals surface area contributed by atoms with Gasteiger partial charge in [-0.15, -0.1) is 11.3 Å². The van der Waals surface area contributed by atoms with Crippen molar-refractivity contribution in [3.63, 3.8) is 0 Å². The molecule has 2 aliphatic carbocycles. The van der Waals surface area contributed by atoms with Gasteiger partial charge in [0, 0.05) is 17.7 Å². The molecule has 1 saturated heterocycles. The van der Waals surface area contributed by atoms with Crippen LogP contribution in [0, 0.1) is 18.8 Å². The lowest BCUT2D eigenvalue weighted by molar-refractivity contribution is -0.0812. The number of aryl methyl sites for hydroxylation is 1. The smallest absolute Gasteiger partial charge is 0.122 e. The maximum absolute atomic E-state index is 10.7. The van der Waals surface area contributed by atoms with Crippen LogP contribution in [-0.4, -0.2) is 34.0 Å². The minimum absolute atomic E-state index is 0.0210. The Morgan fingerprint density at radius 1 is 1.28 bits per heavy atom. The van der Waals surface area contributed by atoms with Crippen LogP contribution in [0.1, 0.15) is 59.2 Å². The summed E-state index contributed by atoms with van der Waals surface area (Å²) < 4.78 is 12.6. The number of thiazole rings is 1. The molecule has 3 aliphatic rings. The number of aliphatic hydroxyl groups is 2. The molecule has 0 amide bonds. The van der Waals surface area contributed by atoms with E-state index >= 15 is 0 Å². The van der Waals surface area contributed by atoms with E-state index in [1.807, 2.05) is 5.38 Å². The highest BCUT2D eigenvalue weighted by atomic mass is 32.1. The molecule has 1 saturated carbocycles. The van der Waals surface area contributed by atoms with Gasteiger partial charge in [0.15, 0.2) is 0 Å². The summed E-state index contributed by atoms with van der Waals surface area (Å²) in [6.45, 7) is 2.67. The number of fused-ring (bicyclic) bond motifs is 2. The van der Waals surface area contributed by atoms with Crippen LogP contribution in [0.15, 0.2) is 17.5 Å². The molecule has 1 aromatic carbocycles. The molecule has 1 aliphatic heterocycles. The standard InChI is InChI=1S/C23H29NO4S/c1-13-16-4-2-3-14(16)5-7-20(13)27-11-18-17-6-8-21(28-22(17)9-19(18)26)23-24-15(10-25)12-29-23/h5,7,12,17-19,21-22,25-26H,2-4,6,8-11H2,1H3/t17-,18-,19-,21-,22+/m1/s1. The van der Waals surface area contributed by atoms with Crippen LogP contribution in [0.5, 0.6) is 5.75 Å². The normalized spacial score (nSPS) is 30.9. The molecule has 1 aromatic heterocycles. The summed E-state index contributed by atoms with van der Waals surface area (Å²) in [6, 6.07) is 4.31. The molecule has 0 radical (unpaired) electrons. The van der Waals surface area contributed by atoms with E-state index in [0.29, 0.717) is 24.6 Å². The summed E-state index contributed by atoms with van der Waals surface area (Å²) >= 11 is 1.55. The van der Waals surface area contributed by atoms with Gasteiger partial charge >= 0.3 is 0 Å². The third-order valence-corrected chi connectivity index (χ3v) is 8.04. The van der Waals surface area contributed by atoms with E-state index in [4.69, 9.17) is 9.47 Å². The van der Waals surface area contributed by atoms with Crippen LogP contribution in [-0.2, 0) is 24.2 Å². The van der Waals surface area contributed by atoms with Crippen LogP contribution in [0.4, 0.5) is 0 Å². The van der Waals surface area contributed by atoms with Crippen LogP contribution in [0.25, 0.3) is 0 Å². The zero-order valence-electron chi connectivity index (χ0n) is 16.8. The van der Waals surface area contributed by atoms with Gasteiger partial charge in [-0.1, -0.05) is 6.07 Å². The average Bonchev–Trinajstić information content (AvgIpc) is 3.45. The number of nitrogens with zero attached hydrogens (tertiary/aromatic N) is 1. The zero-order chi connectivity index (χ0) is 20.0. The van der Waals surface area contributed by atoms with E-state index in [0.717, 1.165) is 30.0 Å². The Hall–Kier alpha value is -1.47. The number of rotatable bonds is 5. The molecular weight excluding hydrogens is 386 g/mol. The van der Waals surface area contributed by atoms with Gasteiger partial charge in [0.05, 0.1) is 31.1 Å². The maximum Gasteiger partial charge on any atom is 0.122 e. The summed E-state index contributed by atoms with van der Waals surface area (Å²) in [4.78, 5) is 4.48. The first kappa shape index (κ1) is 19.5. The maximum atomic E-state index is 10.7. The van der Waals surface area contributed by atoms with Crippen molar-refractivity contribution in [2.75, 3.05) is 6.61 Å². The summed E-state index contributed by atoms with van der Waals surface area (Å²) in [5.41, 5.74) is 4.90. The number of ether oxygens (including phenoxy) is 2. The third kappa shape index (κ3) is 3.61. The van der Waals surface area contributed by atoms with Gasteiger partial charge in [0.1, 0.15) is 16.9 Å². The lowest BCUT2D eigenvalue weighted by Crippen LogP contribution is -2.33. The Balaban J connectivity index is 1.24. The topological polar surface area (TPSA) is 71.8 Å². The van der Waals surface area contributed by atoms with Crippen LogP contribution in [0.2, 0.25) is 0 Å². The highest BCUT2D eigenvalue weighted by molar-refractivity contribution is 7.09. The number of hydrogen-bond donors (Lipinski definition) is 2. The highest BCUT2D eigenvalue weighted by Gasteiger charge is 2.47. The van der Waals surface area contributed by atoms with Crippen molar-refractivity contribution in [2.45, 2.75) is 70.4 Å². The van der Waals surface area contributed by atoms with Crippen LogP contribution in [0.3, 0.4) is 0 Å². The van der Waals surface area contributed by atoms with E-state index < -0.39 is 0 Å². The first-order valence-electron chi connectivity index (χ1n) is 10.8. The van der Waals surface area contributed by atoms with Crippen molar-refractivity contribution in [1.29, 1.82) is 0 Å². The fourth-order valence-corrected chi connectivity index (χ4v) is 6.34. The molecule has 5 atom stereocenters. The predicted molar refractivity (Wildman–Crippen MR) is 111 cm³/mol. The second-order valence-electron chi connectivity index (χ2n) is 8.70. The van der Waals surface area contributed by atoms with Gasteiger partial charge in [0.2, 0.25) is 0 Å². The molecule has 6 heteroatoms. The van der Waals surface area contributed by atoms with E-state index in [-0.39, 0.29) is 30.8 Å². The van der Waals surface area contributed by atoms with Gasteiger partial charge in [-0.05, 0) is 67.7 Å². The quantitative estimate of drug-likeness (QED) is 0.779. The molecule has 29 heavy (non-hydrogen) atoms. The van der Waals surface area contributed by atoms with Crippen molar-refractivity contribution >= 4 is 11.3 Å². The Bertz CT molecular complexity index is 882. The number of aromatic nitrogens is 1. The van der Waals surface area contributed by atoms with Crippen molar-refractivity contribution in [2.24, 2.45) is 11.8 Å². The Labute approximate surface area is 175 Å². The predicted octanol–water partition coefficient (Wildman–Crippen LogP) is 3.73. The number of hydrogen-bond acceptors (Lipinski definition) is 6. The van der Waals surface area contributed by atoms with Gasteiger partial charge in [-0.2, -0.15) is 0 Å². The van der Waals surface area contributed by atoms with Crippen LogP contribution >= 0.6 is 11.3 Å². The van der Waals surface area contributed by atoms with Crippen molar-refractivity contribution in [1.82, 2.24) is 4.98 Å². The lowest BCUT2D eigenvalue weighted by Gasteiger charge is -2.34. The second kappa shape index (κ2) is 7.99. The Morgan fingerprint density at radius 2 is 2.17 bits per heavy atom. The fourth-order valence-electron chi connectivity index (χ4n) is 5.46. The summed E-state index contributed by atoms with van der Waals surface area (Å²) in [5, 5.41) is 22.8. The van der Waals surface area contributed by atoms with E-state index in [2.05, 4.69) is 24.0 Å². The van der Waals surface area contributed by atoms with Gasteiger partial charge < -0.3 is 19.7 Å².